The molecule has 0 aliphatic heterocycles. The molecule has 62 valence electrons. The zero-order valence-corrected chi connectivity index (χ0v) is 7.11. The van der Waals surface area contributed by atoms with Crippen molar-refractivity contribution < 1.29 is 4.74 Å². The van der Waals surface area contributed by atoms with Crippen molar-refractivity contribution in [2.75, 3.05) is 7.11 Å². The summed E-state index contributed by atoms with van der Waals surface area (Å²) in [5, 5.41) is 8.64. The monoisotopic (exact) mass is 162 g/mol. The van der Waals surface area contributed by atoms with Crippen molar-refractivity contribution in [2.24, 2.45) is 0 Å². The number of methoxy groups -OCH3 is 1. The van der Waals surface area contributed by atoms with Crippen molar-refractivity contribution in [2.45, 2.75) is 12.8 Å². The van der Waals surface area contributed by atoms with Crippen molar-refractivity contribution in [3.05, 3.63) is 23.9 Å². The smallest absolute Gasteiger partial charge is 0.213 e. The second kappa shape index (κ2) is 3.72. The molecule has 0 amide bonds. The molecule has 3 heteroatoms. The SMILES string of the molecule is COc1cc(C(C)C#N)ccn1. The van der Waals surface area contributed by atoms with Gasteiger partial charge in [-0.3, -0.25) is 0 Å². The lowest BCUT2D eigenvalue weighted by molar-refractivity contribution is 0.397. The van der Waals surface area contributed by atoms with Crippen LogP contribution in [-0.2, 0) is 0 Å². The molecule has 0 aliphatic carbocycles. The summed E-state index contributed by atoms with van der Waals surface area (Å²) in [6.07, 6.45) is 1.64. The largest absolute Gasteiger partial charge is 0.481 e. The van der Waals surface area contributed by atoms with Crippen LogP contribution in [0.3, 0.4) is 0 Å². The Hall–Kier alpha value is -1.56. The fraction of sp³-hybridized carbons (Fsp3) is 0.333. The third kappa shape index (κ3) is 1.73. The number of rotatable bonds is 2. The molecule has 1 unspecified atom stereocenters. The second-order valence-corrected chi connectivity index (χ2v) is 2.48. The second-order valence-electron chi connectivity index (χ2n) is 2.48. The molecule has 1 aromatic heterocycles. The van der Waals surface area contributed by atoms with Gasteiger partial charge in [-0.05, 0) is 18.6 Å². The predicted molar refractivity (Wildman–Crippen MR) is 44.8 cm³/mol. The minimum absolute atomic E-state index is 0.109. The van der Waals surface area contributed by atoms with E-state index < -0.39 is 0 Å². The van der Waals surface area contributed by atoms with Gasteiger partial charge in [0.2, 0.25) is 5.88 Å². The Morgan fingerprint density at radius 3 is 3.00 bits per heavy atom. The molecule has 0 saturated heterocycles. The molecule has 0 aliphatic rings. The fourth-order valence-corrected chi connectivity index (χ4v) is 0.880. The van der Waals surface area contributed by atoms with Crippen LogP contribution in [0.5, 0.6) is 5.88 Å². The zero-order chi connectivity index (χ0) is 8.97. The molecule has 1 rings (SSSR count). The average molecular weight is 162 g/mol. The van der Waals surface area contributed by atoms with E-state index in [1.54, 1.807) is 19.4 Å². The van der Waals surface area contributed by atoms with Crippen LogP contribution in [0.2, 0.25) is 0 Å². The lowest BCUT2D eigenvalue weighted by Crippen LogP contribution is -1.92. The van der Waals surface area contributed by atoms with E-state index in [9.17, 15) is 0 Å². The van der Waals surface area contributed by atoms with Gasteiger partial charge in [0.25, 0.3) is 0 Å². The van der Waals surface area contributed by atoms with Gasteiger partial charge in [0.15, 0.2) is 0 Å². The van der Waals surface area contributed by atoms with E-state index in [0.717, 1.165) is 5.56 Å². The molecule has 0 spiro atoms. The summed E-state index contributed by atoms with van der Waals surface area (Å²) < 4.78 is 4.93. The van der Waals surface area contributed by atoms with Crippen LogP contribution >= 0.6 is 0 Å². The van der Waals surface area contributed by atoms with Gasteiger partial charge in [-0.15, -0.1) is 0 Å². The maximum absolute atomic E-state index is 8.64. The summed E-state index contributed by atoms with van der Waals surface area (Å²) in [6, 6.07) is 5.74. The van der Waals surface area contributed by atoms with Crippen LogP contribution in [0.25, 0.3) is 0 Å². The number of ether oxygens (including phenoxy) is 1. The summed E-state index contributed by atoms with van der Waals surface area (Å²) in [7, 11) is 1.56. The highest BCUT2D eigenvalue weighted by Crippen LogP contribution is 2.16. The van der Waals surface area contributed by atoms with Crippen LogP contribution in [0.15, 0.2) is 18.3 Å². The maximum atomic E-state index is 8.64. The van der Waals surface area contributed by atoms with Gasteiger partial charge < -0.3 is 4.74 Å². The van der Waals surface area contributed by atoms with Gasteiger partial charge in [-0.1, -0.05) is 0 Å². The highest BCUT2D eigenvalue weighted by atomic mass is 16.5. The van der Waals surface area contributed by atoms with Gasteiger partial charge in [-0.25, -0.2) is 4.98 Å². The van der Waals surface area contributed by atoms with E-state index in [2.05, 4.69) is 11.1 Å². The molecular formula is C9H10N2O. The van der Waals surface area contributed by atoms with Gasteiger partial charge in [-0.2, -0.15) is 5.26 Å². The number of hydrogen-bond acceptors (Lipinski definition) is 3. The quantitative estimate of drug-likeness (QED) is 0.665. The van der Waals surface area contributed by atoms with Gasteiger partial charge in [0.05, 0.1) is 19.1 Å². The third-order valence-corrected chi connectivity index (χ3v) is 1.66. The first-order valence-corrected chi connectivity index (χ1v) is 3.67. The van der Waals surface area contributed by atoms with Crippen molar-refractivity contribution in [3.8, 4) is 11.9 Å². The van der Waals surface area contributed by atoms with Gasteiger partial charge >= 0.3 is 0 Å². The van der Waals surface area contributed by atoms with E-state index in [4.69, 9.17) is 10.00 Å². The third-order valence-electron chi connectivity index (χ3n) is 1.66. The molecule has 12 heavy (non-hydrogen) atoms. The van der Waals surface area contributed by atoms with Crippen molar-refractivity contribution in [3.63, 3.8) is 0 Å². The van der Waals surface area contributed by atoms with Crippen LogP contribution in [0.1, 0.15) is 18.4 Å². The van der Waals surface area contributed by atoms with Crippen LogP contribution in [0, 0.1) is 11.3 Å². The lowest BCUT2D eigenvalue weighted by Gasteiger charge is -2.03. The van der Waals surface area contributed by atoms with Crippen molar-refractivity contribution in [1.29, 1.82) is 5.26 Å². The van der Waals surface area contributed by atoms with E-state index in [1.165, 1.54) is 0 Å². The standard InChI is InChI=1S/C9H10N2O/c1-7(6-10)8-3-4-11-9(5-8)12-2/h3-5,7H,1-2H3. The number of hydrogen-bond donors (Lipinski definition) is 0. The molecule has 0 radical (unpaired) electrons. The Kier molecular flexibility index (Phi) is 2.65. The lowest BCUT2D eigenvalue weighted by atomic mass is 10.1. The number of nitriles is 1. The summed E-state index contributed by atoms with van der Waals surface area (Å²) in [5.74, 6) is 0.441. The number of aromatic nitrogens is 1. The summed E-state index contributed by atoms with van der Waals surface area (Å²) >= 11 is 0. The highest BCUT2D eigenvalue weighted by molar-refractivity contribution is 5.27. The Balaban J connectivity index is 2.95. The highest BCUT2D eigenvalue weighted by Gasteiger charge is 2.04. The van der Waals surface area contributed by atoms with Crippen LogP contribution < -0.4 is 4.74 Å². The first kappa shape index (κ1) is 8.54. The normalized spacial score (nSPS) is 11.8. The molecule has 0 N–H and O–H groups in total. The zero-order valence-electron chi connectivity index (χ0n) is 7.11. The summed E-state index contributed by atoms with van der Waals surface area (Å²) in [4.78, 5) is 3.94. The Morgan fingerprint density at radius 2 is 2.42 bits per heavy atom. The maximum Gasteiger partial charge on any atom is 0.213 e. The molecule has 1 heterocycles. The molecule has 1 atom stereocenters. The molecule has 0 aromatic carbocycles. The molecule has 3 nitrogen and oxygen atoms in total. The molecule has 1 aromatic rings. The van der Waals surface area contributed by atoms with Crippen molar-refractivity contribution in [1.82, 2.24) is 4.98 Å². The molecule has 0 bridgehead atoms. The minimum atomic E-state index is -0.109. The van der Waals surface area contributed by atoms with E-state index in [-0.39, 0.29) is 5.92 Å². The van der Waals surface area contributed by atoms with Crippen LogP contribution in [-0.4, -0.2) is 12.1 Å². The molecule has 0 saturated carbocycles. The first-order valence-electron chi connectivity index (χ1n) is 3.67. The van der Waals surface area contributed by atoms with Crippen molar-refractivity contribution >= 4 is 0 Å². The Morgan fingerprint density at radius 1 is 1.67 bits per heavy atom. The number of pyridine rings is 1. The Labute approximate surface area is 71.6 Å². The molecule has 0 fully saturated rings. The van der Waals surface area contributed by atoms with E-state index in [0.29, 0.717) is 5.88 Å². The van der Waals surface area contributed by atoms with Gasteiger partial charge in [0.1, 0.15) is 0 Å². The fourth-order valence-electron chi connectivity index (χ4n) is 0.880. The topological polar surface area (TPSA) is 45.9 Å². The van der Waals surface area contributed by atoms with E-state index in [1.807, 2.05) is 13.0 Å². The van der Waals surface area contributed by atoms with Gasteiger partial charge in [0, 0.05) is 12.3 Å². The number of nitrogens with zero attached hydrogens (tertiary/aromatic N) is 2. The summed E-state index contributed by atoms with van der Waals surface area (Å²) in [5.41, 5.74) is 0.935. The van der Waals surface area contributed by atoms with E-state index >= 15 is 0 Å². The molecular weight excluding hydrogens is 152 g/mol. The van der Waals surface area contributed by atoms with Crippen LogP contribution in [0.4, 0.5) is 0 Å². The predicted octanol–water partition coefficient (Wildman–Crippen LogP) is 1.72. The Bertz CT molecular complexity index is 304. The minimum Gasteiger partial charge on any atom is -0.481 e. The average Bonchev–Trinajstić information content (AvgIpc) is 2.17. The summed E-state index contributed by atoms with van der Waals surface area (Å²) in [6.45, 7) is 1.84. The first-order chi connectivity index (χ1) is 5.77.